The molecule has 5 nitrogen and oxygen atoms in total. The monoisotopic (exact) mass is 257 g/mol. The maximum atomic E-state index is 11.0. The summed E-state index contributed by atoms with van der Waals surface area (Å²) in [4.78, 5) is 14.7. The minimum absolute atomic E-state index is 0.0367. The molecule has 0 aliphatic rings. The zero-order valence-corrected chi connectivity index (χ0v) is 10.9. The summed E-state index contributed by atoms with van der Waals surface area (Å²) in [5.74, 6) is 0.311. The third-order valence-electron chi connectivity index (χ3n) is 2.89. The van der Waals surface area contributed by atoms with Crippen molar-refractivity contribution in [1.29, 1.82) is 0 Å². The Morgan fingerprint density at radius 2 is 1.89 bits per heavy atom. The van der Waals surface area contributed by atoms with Gasteiger partial charge in [0.25, 0.3) is 0 Å². The minimum Gasteiger partial charge on any atom is -0.360 e. The van der Waals surface area contributed by atoms with Gasteiger partial charge < -0.3 is 5.32 Å². The highest BCUT2D eigenvalue weighted by molar-refractivity contribution is 5.59. The first kappa shape index (κ1) is 13.0. The van der Waals surface area contributed by atoms with Crippen LogP contribution in [0.15, 0.2) is 36.5 Å². The van der Waals surface area contributed by atoms with E-state index in [1.165, 1.54) is 5.56 Å². The van der Waals surface area contributed by atoms with Crippen LogP contribution in [0.2, 0.25) is 0 Å². The first-order valence-corrected chi connectivity index (χ1v) is 5.97. The van der Waals surface area contributed by atoms with Gasteiger partial charge in [0.05, 0.1) is 4.92 Å². The maximum Gasteiger partial charge on any atom is 0.314 e. The lowest BCUT2D eigenvalue weighted by Crippen LogP contribution is -2.05. The summed E-state index contributed by atoms with van der Waals surface area (Å²) in [5.41, 5.74) is 2.88. The maximum absolute atomic E-state index is 11.0. The average Bonchev–Trinajstić information content (AvgIpc) is 2.37. The third kappa shape index (κ3) is 3.07. The zero-order chi connectivity index (χ0) is 13.8. The molecule has 2 rings (SSSR count). The number of hydrogen-bond donors (Lipinski definition) is 1. The number of aromatic nitrogens is 1. The fraction of sp³-hybridized carbons (Fsp3) is 0.214. The Morgan fingerprint density at radius 1 is 1.21 bits per heavy atom. The van der Waals surface area contributed by atoms with Crippen LogP contribution in [0.25, 0.3) is 0 Å². The lowest BCUT2D eigenvalue weighted by molar-refractivity contribution is -0.384. The van der Waals surface area contributed by atoms with Gasteiger partial charge in [-0.25, -0.2) is 4.98 Å². The number of anilines is 1. The molecule has 1 aromatic heterocycles. The molecular formula is C14H15N3O2. The standard InChI is InChI=1S/C14H15N3O2/c1-10-3-5-12(6-4-10)9-16-14-13(17(18)19)11(2)7-8-15-14/h3-8H,9H2,1-2H3,(H,15,16). The van der Waals surface area contributed by atoms with E-state index >= 15 is 0 Å². The van der Waals surface area contributed by atoms with Gasteiger partial charge in [0.2, 0.25) is 5.82 Å². The first-order valence-electron chi connectivity index (χ1n) is 5.97. The highest BCUT2D eigenvalue weighted by Gasteiger charge is 2.17. The quantitative estimate of drug-likeness (QED) is 0.674. The molecule has 0 bridgehead atoms. The van der Waals surface area contributed by atoms with E-state index in [9.17, 15) is 10.1 Å². The van der Waals surface area contributed by atoms with Crippen LogP contribution in [0, 0.1) is 24.0 Å². The molecule has 0 amide bonds. The van der Waals surface area contributed by atoms with Crippen LogP contribution in [0.4, 0.5) is 11.5 Å². The molecule has 0 saturated carbocycles. The summed E-state index contributed by atoms with van der Waals surface area (Å²) in [5, 5.41) is 14.0. The van der Waals surface area contributed by atoms with Crippen LogP contribution < -0.4 is 5.32 Å². The van der Waals surface area contributed by atoms with Crippen molar-refractivity contribution in [2.24, 2.45) is 0 Å². The zero-order valence-electron chi connectivity index (χ0n) is 10.9. The number of aryl methyl sites for hydroxylation is 2. The molecule has 1 heterocycles. The Morgan fingerprint density at radius 3 is 2.53 bits per heavy atom. The summed E-state index contributed by atoms with van der Waals surface area (Å²) < 4.78 is 0. The lowest BCUT2D eigenvalue weighted by Gasteiger charge is -2.07. The Hall–Kier alpha value is -2.43. The smallest absolute Gasteiger partial charge is 0.314 e. The van der Waals surface area contributed by atoms with Gasteiger partial charge in [-0.05, 0) is 25.5 Å². The molecule has 0 radical (unpaired) electrons. The number of nitro groups is 1. The molecule has 1 N–H and O–H groups in total. The van der Waals surface area contributed by atoms with Gasteiger partial charge in [-0.15, -0.1) is 0 Å². The molecule has 0 spiro atoms. The van der Waals surface area contributed by atoms with Crippen LogP contribution in [-0.4, -0.2) is 9.91 Å². The molecule has 19 heavy (non-hydrogen) atoms. The molecule has 5 heteroatoms. The topological polar surface area (TPSA) is 68.1 Å². The Kier molecular flexibility index (Phi) is 3.75. The third-order valence-corrected chi connectivity index (χ3v) is 2.89. The summed E-state index contributed by atoms with van der Waals surface area (Å²) in [7, 11) is 0. The van der Waals surface area contributed by atoms with Crippen molar-refractivity contribution < 1.29 is 4.92 Å². The van der Waals surface area contributed by atoms with E-state index in [4.69, 9.17) is 0 Å². The van der Waals surface area contributed by atoms with Crippen LogP contribution in [0.5, 0.6) is 0 Å². The van der Waals surface area contributed by atoms with E-state index in [1.807, 2.05) is 31.2 Å². The predicted molar refractivity (Wildman–Crippen MR) is 74.1 cm³/mol. The van der Waals surface area contributed by atoms with Crippen LogP contribution in [0.3, 0.4) is 0 Å². The number of hydrogen-bond acceptors (Lipinski definition) is 4. The molecule has 0 aliphatic carbocycles. The molecule has 1 aromatic carbocycles. The second-order valence-electron chi connectivity index (χ2n) is 4.42. The van der Waals surface area contributed by atoms with Crippen molar-refractivity contribution in [1.82, 2.24) is 4.98 Å². The van der Waals surface area contributed by atoms with Gasteiger partial charge in [0, 0.05) is 18.3 Å². The van der Waals surface area contributed by atoms with Gasteiger partial charge in [0.15, 0.2) is 0 Å². The van der Waals surface area contributed by atoms with Crippen molar-refractivity contribution >= 4 is 11.5 Å². The van der Waals surface area contributed by atoms with Gasteiger partial charge in [0.1, 0.15) is 0 Å². The molecule has 98 valence electrons. The number of nitrogens with zero attached hydrogens (tertiary/aromatic N) is 2. The molecule has 2 aromatic rings. The van der Waals surface area contributed by atoms with Crippen molar-refractivity contribution in [2.45, 2.75) is 20.4 Å². The summed E-state index contributed by atoms with van der Waals surface area (Å²) >= 11 is 0. The summed E-state index contributed by atoms with van der Waals surface area (Å²) in [6.07, 6.45) is 1.57. The van der Waals surface area contributed by atoms with Crippen molar-refractivity contribution in [3.8, 4) is 0 Å². The van der Waals surface area contributed by atoms with Crippen LogP contribution >= 0.6 is 0 Å². The second kappa shape index (κ2) is 5.48. The predicted octanol–water partition coefficient (Wildman–Crippen LogP) is 3.22. The fourth-order valence-electron chi connectivity index (χ4n) is 1.80. The Balaban J connectivity index is 2.18. The largest absolute Gasteiger partial charge is 0.360 e. The Labute approximate surface area is 111 Å². The van der Waals surface area contributed by atoms with Crippen LogP contribution in [-0.2, 0) is 6.54 Å². The first-order chi connectivity index (χ1) is 9.08. The highest BCUT2D eigenvalue weighted by Crippen LogP contribution is 2.25. The lowest BCUT2D eigenvalue weighted by atomic mass is 10.1. The number of nitrogens with one attached hydrogen (secondary N) is 1. The molecule has 0 unspecified atom stereocenters. The van der Waals surface area contributed by atoms with E-state index in [2.05, 4.69) is 10.3 Å². The summed E-state index contributed by atoms with van der Waals surface area (Å²) in [6.45, 7) is 4.23. The molecular weight excluding hydrogens is 242 g/mol. The molecule has 0 aliphatic heterocycles. The van der Waals surface area contributed by atoms with Crippen molar-refractivity contribution in [2.75, 3.05) is 5.32 Å². The SMILES string of the molecule is Cc1ccc(CNc2nccc(C)c2[N+](=O)[O-])cc1. The highest BCUT2D eigenvalue weighted by atomic mass is 16.6. The van der Waals surface area contributed by atoms with Crippen LogP contribution in [0.1, 0.15) is 16.7 Å². The molecule has 0 saturated heterocycles. The van der Waals surface area contributed by atoms with E-state index in [-0.39, 0.29) is 5.69 Å². The van der Waals surface area contributed by atoms with Gasteiger partial charge in [-0.1, -0.05) is 29.8 Å². The number of pyridine rings is 1. The second-order valence-corrected chi connectivity index (χ2v) is 4.42. The van der Waals surface area contributed by atoms with Crippen molar-refractivity contribution in [3.05, 3.63) is 63.3 Å². The molecule has 0 fully saturated rings. The van der Waals surface area contributed by atoms with Crippen molar-refractivity contribution in [3.63, 3.8) is 0 Å². The van der Waals surface area contributed by atoms with E-state index < -0.39 is 4.92 Å². The van der Waals surface area contributed by atoms with E-state index in [1.54, 1.807) is 19.2 Å². The fourth-order valence-corrected chi connectivity index (χ4v) is 1.80. The normalized spacial score (nSPS) is 10.2. The number of rotatable bonds is 4. The van der Waals surface area contributed by atoms with Gasteiger partial charge in [-0.2, -0.15) is 0 Å². The van der Waals surface area contributed by atoms with E-state index in [0.717, 1.165) is 5.56 Å². The van der Waals surface area contributed by atoms with E-state index in [0.29, 0.717) is 17.9 Å². The Bertz CT molecular complexity index is 594. The molecule has 0 atom stereocenters. The minimum atomic E-state index is -0.403. The average molecular weight is 257 g/mol. The number of benzene rings is 1. The van der Waals surface area contributed by atoms with Gasteiger partial charge in [-0.3, -0.25) is 10.1 Å². The summed E-state index contributed by atoms with van der Waals surface area (Å²) in [6, 6.07) is 9.63. The van der Waals surface area contributed by atoms with Gasteiger partial charge >= 0.3 is 5.69 Å².